The van der Waals surface area contributed by atoms with E-state index in [-0.39, 0.29) is 12.4 Å². The summed E-state index contributed by atoms with van der Waals surface area (Å²) in [6, 6.07) is 12.1. The third kappa shape index (κ3) is 4.74. The summed E-state index contributed by atoms with van der Waals surface area (Å²) in [7, 11) is 0. The van der Waals surface area contributed by atoms with Gasteiger partial charge in [-0.2, -0.15) is 0 Å². The van der Waals surface area contributed by atoms with E-state index in [4.69, 9.17) is 15.2 Å². The fourth-order valence-corrected chi connectivity index (χ4v) is 1.95. The minimum absolute atomic E-state index is 0.171. The number of halogens is 1. The highest BCUT2D eigenvalue weighted by Crippen LogP contribution is 2.24. The molecule has 2 aromatic carbocycles. The average molecular weight is 303 g/mol. The SMILES string of the molecule is CC(C)COc1cc(CN)cc(OCc2ccccc2F)c1. The molecule has 0 radical (unpaired) electrons. The molecule has 3 nitrogen and oxygen atoms in total. The van der Waals surface area contributed by atoms with Gasteiger partial charge < -0.3 is 15.2 Å². The summed E-state index contributed by atoms with van der Waals surface area (Å²) in [6.07, 6.45) is 0. The third-order valence-corrected chi connectivity index (χ3v) is 3.11. The lowest BCUT2D eigenvalue weighted by molar-refractivity contribution is 0.265. The summed E-state index contributed by atoms with van der Waals surface area (Å²) in [6.45, 7) is 5.37. The fraction of sp³-hybridized carbons (Fsp3) is 0.333. The molecular weight excluding hydrogens is 281 g/mol. The van der Waals surface area contributed by atoms with Crippen molar-refractivity contribution in [3.63, 3.8) is 0 Å². The summed E-state index contributed by atoms with van der Waals surface area (Å²) in [5, 5.41) is 0. The predicted octanol–water partition coefficient (Wildman–Crippen LogP) is 3.90. The highest BCUT2D eigenvalue weighted by molar-refractivity contribution is 5.38. The Balaban J connectivity index is 2.09. The van der Waals surface area contributed by atoms with Crippen LogP contribution in [0.4, 0.5) is 4.39 Å². The zero-order valence-corrected chi connectivity index (χ0v) is 13.0. The molecule has 2 rings (SSSR count). The lowest BCUT2D eigenvalue weighted by atomic mass is 10.2. The van der Waals surface area contributed by atoms with Crippen molar-refractivity contribution in [3.05, 3.63) is 59.4 Å². The van der Waals surface area contributed by atoms with Gasteiger partial charge in [-0.3, -0.25) is 0 Å². The van der Waals surface area contributed by atoms with Crippen LogP contribution in [0.25, 0.3) is 0 Å². The first-order chi connectivity index (χ1) is 10.6. The molecule has 0 saturated carbocycles. The zero-order valence-electron chi connectivity index (χ0n) is 13.0. The predicted molar refractivity (Wildman–Crippen MR) is 85.4 cm³/mol. The first-order valence-electron chi connectivity index (χ1n) is 7.41. The van der Waals surface area contributed by atoms with Crippen molar-refractivity contribution >= 4 is 0 Å². The summed E-state index contributed by atoms with van der Waals surface area (Å²) in [5.41, 5.74) is 7.14. The van der Waals surface area contributed by atoms with Crippen LogP contribution in [-0.2, 0) is 13.2 Å². The van der Waals surface area contributed by atoms with Gasteiger partial charge in [0.05, 0.1) is 6.61 Å². The first-order valence-corrected chi connectivity index (χ1v) is 7.41. The maximum atomic E-state index is 13.6. The van der Waals surface area contributed by atoms with E-state index in [0.29, 0.717) is 30.4 Å². The summed E-state index contributed by atoms with van der Waals surface area (Å²) in [5.74, 6) is 1.52. The van der Waals surface area contributed by atoms with Crippen LogP contribution in [0.15, 0.2) is 42.5 Å². The Bertz CT molecular complexity index is 614. The number of nitrogens with two attached hydrogens (primary N) is 1. The molecule has 0 bridgehead atoms. The van der Waals surface area contributed by atoms with Crippen molar-refractivity contribution in [3.8, 4) is 11.5 Å². The molecule has 0 aliphatic heterocycles. The van der Waals surface area contributed by atoms with Gasteiger partial charge >= 0.3 is 0 Å². The highest BCUT2D eigenvalue weighted by atomic mass is 19.1. The largest absolute Gasteiger partial charge is 0.493 e. The second-order valence-corrected chi connectivity index (χ2v) is 5.60. The second kappa shape index (κ2) is 7.80. The van der Waals surface area contributed by atoms with E-state index in [1.54, 1.807) is 18.2 Å². The first kappa shape index (κ1) is 16.3. The molecule has 0 unspecified atom stereocenters. The van der Waals surface area contributed by atoms with E-state index < -0.39 is 0 Å². The van der Waals surface area contributed by atoms with Gasteiger partial charge in [-0.25, -0.2) is 4.39 Å². The fourth-order valence-electron chi connectivity index (χ4n) is 1.95. The molecule has 0 aliphatic rings. The van der Waals surface area contributed by atoms with Gasteiger partial charge in [0.15, 0.2) is 0 Å². The van der Waals surface area contributed by atoms with E-state index in [2.05, 4.69) is 13.8 Å². The molecule has 0 aliphatic carbocycles. The second-order valence-electron chi connectivity index (χ2n) is 5.60. The van der Waals surface area contributed by atoms with Crippen LogP contribution >= 0.6 is 0 Å². The maximum Gasteiger partial charge on any atom is 0.129 e. The molecule has 0 amide bonds. The number of hydrogen-bond donors (Lipinski definition) is 1. The van der Waals surface area contributed by atoms with E-state index >= 15 is 0 Å². The minimum Gasteiger partial charge on any atom is -0.493 e. The van der Waals surface area contributed by atoms with Crippen LogP contribution in [0.2, 0.25) is 0 Å². The molecule has 118 valence electrons. The molecule has 4 heteroatoms. The van der Waals surface area contributed by atoms with Gasteiger partial charge in [0.2, 0.25) is 0 Å². The number of hydrogen-bond acceptors (Lipinski definition) is 3. The number of ether oxygens (including phenoxy) is 2. The Morgan fingerprint density at radius 3 is 2.36 bits per heavy atom. The number of rotatable bonds is 7. The normalized spacial score (nSPS) is 10.8. The van der Waals surface area contributed by atoms with Crippen molar-refractivity contribution in [2.75, 3.05) is 6.61 Å². The lowest BCUT2D eigenvalue weighted by Crippen LogP contribution is -2.06. The van der Waals surface area contributed by atoms with Crippen LogP contribution < -0.4 is 15.2 Å². The molecule has 0 heterocycles. The Morgan fingerprint density at radius 2 is 1.73 bits per heavy atom. The van der Waals surface area contributed by atoms with Crippen molar-refractivity contribution in [2.24, 2.45) is 11.7 Å². The van der Waals surface area contributed by atoms with Crippen LogP contribution in [-0.4, -0.2) is 6.61 Å². The summed E-state index contributed by atoms with van der Waals surface area (Å²) < 4.78 is 25.0. The zero-order chi connectivity index (χ0) is 15.9. The van der Waals surface area contributed by atoms with E-state index in [9.17, 15) is 4.39 Å². The molecule has 0 spiro atoms. The van der Waals surface area contributed by atoms with Crippen molar-refractivity contribution in [1.82, 2.24) is 0 Å². The Hall–Kier alpha value is -2.07. The molecule has 0 atom stereocenters. The van der Waals surface area contributed by atoms with Crippen LogP contribution in [0, 0.1) is 11.7 Å². The minimum atomic E-state index is -0.270. The van der Waals surface area contributed by atoms with Gasteiger partial charge in [-0.05, 0) is 29.7 Å². The quantitative estimate of drug-likeness (QED) is 0.843. The van der Waals surface area contributed by atoms with Crippen LogP contribution in [0.1, 0.15) is 25.0 Å². The van der Waals surface area contributed by atoms with Crippen molar-refractivity contribution < 1.29 is 13.9 Å². The van der Waals surface area contributed by atoms with Crippen molar-refractivity contribution in [1.29, 1.82) is 0 Å². The Kier molecular flexibility index (Phi) is 5.78. The molecule has 0 fully saturated rings. The van der Waals surface area contributed by atoms with E-state index in [0.717, 1.165) is 11.3 Å². The topological polar surface area (TPSA) is 44.5 Å². The Labute approximate surface area is 130 Å². The summed E-state index contributed by atoms with van der Waals surface area (Å²) in [4.78, 5) is 0. The van der Waals surface area contributed by atoms with Gasteiger partial charge in [-0.1, -0.05) is 32.0 Å². The molecular formula is C18H22FNO2. The molecule has 0 saturated heterocycles. The van der Waals surface area contributed by atoms with Gasteiger partial charge in [0.25, 0.3) is 0 Å². The smallest absolute Gasteiger partial charge is 0.129 e. The van der Waals surface area contributed by atoms with Crippen LogP contribution in [0.3, 0.4) is 0 Å². The monoisotopic (exact) mass is 303 g/mol. The van der Waals surface area contributed by atoms with Crippen LogP contribution in [0.5, 0.6) is 11.5 Å². The number of benzene rings is 2. The Morgan fingerprint density at radius 1 is 1.05 bits per heavy atom. The van der Waals surface area contributed by atoms with Gasteiger partial charge in [-0.15, -0.1) is 0 Å². The third-order valence-electron chi connectivity index (χ3n) is 3.11. The van der Waals surface area contributed by atoms with Gasteiger partial charge in [0, 0.05) is 18.2 Å². The highest BCUT2D eigenvalue weighted by Gasteiger charge is 2.06. The van der Waals surface area contributed by atoms with E-state index in [1.807, 2.05) is 18.2 Å². The molecule has 0 aromatic heterocycles. The van der Waals surface area contributed by atoms with E-state index in [1.165, 1.54) is 6.07 Å². The summed E-state index contributed by atoms with van der Waals surface area (Å²) >= 11 is 0. The average Bonchev–Trinajstić information content (AvgIpc) is 2.52. The molecule has 2 N–H and O–H groups in total. The molecule has 22 heavy (non-hydrogen) atoms. The molecule has 2 aromatic rings. The standard InChI is InChI=1S/C18H22FNO2/c1-13(2)11-21-16-7-14(10-20)8-17(9-16)22-12-15-5-3-4-6-18(15)19/h3-9,13H,10-12,20H2,1-2H3. The van der Waals surface area contributed by atoms with Gasteiger partial charge in [0.1, 0.15) is 23.9 Å². The van der Waals surface area contributed by atoms with Crippen molar-refractivity contribution in [2.45, 2.75) is 27.0 Å². The maximum absolute atomic E-state index is 13.6. The lowest BCUT2D eigenvalue weighted by Gasteiger charge is -2.13.